The molecule has 21 heavy (non-hydrogen) atoms. The molecule has 0 fully saturated rings. The van der Waals surface area contributed by atoms with Crippen LogP contribution in [0, 0.1) is 0 Å². The summed E-state index contributed by atoms with van der Waals surface area (Å²) in [5, 5.41) is 8.81. The van der Waals surface area contributed by atoms with Gasteiger partial charge in [-0.15, -0.1) is 0 Å². The summed E-state index contributed by atoms with van der Waals surface area (Å²) < 4.78 is 44.5. The minimum atomic E-state index is -4.62. The van der Waals surface area contributed by atoms with Gasteiger partial charge < -0.3 is 14.7 Å². The zero-order valence-corrected chi connectivity index (χ0v) is 12.1. The molecule has 0 saturated carbocycles. The lowest BCUT2D eigenvalue weighted by Crippen LogP contribution is -2.26. The van der Waals surface area contributed by atoms with E-state index >= 15 is 0 Å². The summed E-state index contributed by atoms with van der Waals surface area (Å²) in [5.41, 5.74) is -1.42. The number of anilines is 1. The van der Waals surface area contributed by atoms with Crippen LogP contribution in [0.4, 0.5) is 18.9 Å². The molecule has 0 aromatic heterocycles. The van der Waals surface area contributed by atoms with E-state index in [4.69, 9.17) is 9.84 Å². The van der Waals surface area contributed by atoms with E-state index in [1.54, 1.807) is 0 Å². The van der Waals surface area contributed by atoms with Gasteiger partial charge in [0.2, 0.25) is 0 Å². The Hall–Kier alpha value is -1.76. The SMILES string of the molecule is CC(C)OCCN(C)c1ccc(C(=O)O)cc1C(F)(F)F. The van der Waals surface area contributed by atoms with E-state index < -0.39 is 23.3 Å². The summed E-state index contributed by atoms with van der Waals surface area (Å²) in [7, 11) is 1.51. The average Bonchev–Trinajstić information content (AvgIpc) is 2.36. The fourth-order valence-electron chi connectivity index (χ4n) is 1.77. The Morgan fingerprint density at radius 2 is 2.00 bits per heavy atom. The van der Waals surface area contributed by atoms with Gasteiger partial charge in [-0.25, -0.2) is 4.79 Å². The van der Waals surface area contributed by atoms with Crippen LogP contribution in [-0.4, -0.2) is 37.4 Å². The maximum Gasteiger partial charge on any atom is 0.418 e. The van der Waals surface area contributed by atoms with Gasteiger partial charge in [-0.05, 0) is 32.0 Å². The molecular formula is C14H18F3NO3. The van der Waals surface area contributed by atoms with Gasteiger partial charge in [0.15, 0.2) is 0 Å². The molecule has 0 radical (unpaired) electrons. The van der Waals surface area contributed by atoms with Gasteiger partial charge >= 0.3 is 12.1 Å². The van der Waals surface area contributed by atoms with E-state index in [0.29, 0.717) is 6.07 Å². The van der Waals surface area contributed by atoms with Crippen molar-refractivity contribution in [1.82, 2.24) is 0 Å². The van der Waals surface area contributed by atoms with E-state index in [-0.39, 0.29) is 24.9 Å². The monoisotopic (exact) mass is 305 g/mol. The lowest BCUT2D eigenvalue weighted by Gasteiger charge is -2.24. The lowest BCUT2D eigenvalue weighted by atomic mass is 10.1. The predicted molar refractivity (Wildman–Crippen MR) is 72.8 cm³/mol. The Labute approximate surface area is 121 Å². The van der Waals surface area contributed by atoms with Gasteiger partial charge in [-0.3, -0.25) is 0 Å². The van der Waals surface area contributed by atoms with E-state index in [1.165, 1.54) is 18.0 Å². The molecule has 0 unspecified atom stereocenters. The topological polar surface area (TPSA) is 49.8 Å². The summed E-state index contributed by atoms with van der Waals surface area (Å²) in [5.74, 6) is -1.39. The van der Waals surface area contributed by atoms with Crippen LogP contribution in [0.25, 0.3) is 0 Å². The number of hydrogen-bond donors (Lipinski definition) is 1. The minimum absolute atomic E-state index is 0.00475. The molecule has 0 aliphatic rings. The first kappa shape index (κ1) is 17.3. The van der Waals surface area contributed by atoms with E-state index in [9.17, 15) is 18.0 Å². The van der Waals surface area contributed by atoms with Crippen molar-refractivity contribution in [2.75, 3.05) is 25.1 Å². The molecule has 0 aliphatic heterocycles. The molecule has 118 valence electrons. The van der Waals surface area contributed by atoms with Crippen LogP contribution < -0.4 is 4.90 Å². The second-order valence-electron chi connectivity index (χ2n) is 4.88. The quantitative estimate of drug-likeness (QED) is 0.876. The highest BCUT2D eigenvalue weighted by atomic mass is 19.4. The van der Waals surface area contributed by atoms with Crippen molar-refractivity contribution >= 4 is 11.7 Å². The number of halogens is 3. The normalized spacial score (nSPS) is 11.8. The molecule has 7 heteroatoms. The summed E-state index contributed by atoms with van der Waals surface area (Å²) in [6, 6.07) is 2.98. The van der Waals surface area contributed by atoms with E-state index in [2.05, 4.69) is 0 Å². The van der Waals surface area contributed by atoms with Gasteiger partial charge in [-0.2, -0.15) is 13.2 Å². The Balaban J connectivity index is 3.02. The van der Waals surface area contributed by atoms with Crippen molar-refractivity contribution < 1.29 is 27.8 Å². The third kappa shape index (κ3) is 4.93. The molecule has 1 rings (SSSR count). The van der Waals surface area contributed by atoms with Crippen molar-refractivity contribution in [3.63, 3.8) is 0 Å². The molecule has 0 saturated heterocycles. The number of aromatic carboxylic acids is 1. The van der Waals surface area contributed by atoms with Crippen LogP contribution in [0.2, 0.25) is 0 Å². The Bertz CT molecular complexity index is 501. The van der Waals surface area contributed by atoms with Gasteiger partial charge in [0.1, 0.15) is 0 Å². The average molecular weight is 305 g/mol. The van der Waals surface area contributed by atoms with Gasteiger partial charge in [-0.1, -0.05) is 0 Å². The van der Waals surface area contributed by atoms with Crippen LogP contribution in [0.15, 0.2) is 18.2 Å². The molecule has 0 aliphatic carbocycles. The molecule has 0 bridgehead atoms. The van der Waals surface area contributed by atoms with Crippen LogP contribution in [-0.2, 0) is 10.9 Å². The molecule has 0 atom stereocenters. The molecule has 0 spiro atoms. The van der Waals surface area contributed by atoms with Crippen LogP contribution in [0.5, 0.6) is 0 Å². The van der Waals surface area contributed by atoms with Gasteiger partial charge in [0.05, 0.1) is 23.8 Å². The largest absolute Gasteiger partial charge is 0.478 e. The summed E-state index contributed by atoms with van der Waals surface area (Å²) in [6.07, 6.45) is -4.62. The van der Waals surface area contributed by atoms with Crippen molar-refractivity contribution in [3.8, 4) is 0 Å². The number of hydrogen-bond acceptors (Lipinski definition) is 3. The summed E-state index contributed by atoms with van der Waals surface area (Å²) in [4.78, 5) is 12.2. The molecule has 1 N–H and O–H groups in total. The number of carboxylic acids is 1. The number of likely N-dealkylation sites (N-methyl/N-ethyl adjacent to an activating group) is 1. The number of benzene rings is 1. The fraction of sp³-hybridized carbons (Fsp3) is 0.500. The number of carbonyl (C=O) groups is 1. The Morgan fingerprint density at radius 3 is 2.48 bits per heavy atom. The first-order valence-electron chi connectivity index (χ1n) is 6.40. The highest BCUT2D eigenvalue weighted by Crippen LogP contribution is 2.36. The van der Waals surface area contributed by atoms with Gasteiger partial charge in [0.25, 0.3) is 0 Å². The molecule has 4 nitrogen and oxygen atoms in total. The molecule has 1 aromatic carbocycles. The molecule has 1 aromatic rings. The third-order valence-electron chi connectivity index (χ3n) is 2.84. The highest BCUT2D eigenvalue weighted by molar-refractivity contribution is 5.88. The van der Waals surface area contributed by atoms with Gasteiger partial charge in [0, 0.05) is 19.3 Å². The predicted octanol–water partition coefficient (Wildman–Crippen LogP) is 3.26. The number of ether oxygens (including phenoxy) is 1. The van der Waals surface area contributed by atoms with Crippen LogP contribution in [0.1, 0.15) is 29.8 Å². The number of alkyl halides is 3. The maximum atomic E-state index is 13.1. The zero-order chi connectivity index (χ0) is 16.2. The number of rotatable bonds is 6. The maximum absolute atomic E-state index is 13.1. The van der Waals surface area contributed by atoms with E-state index in [0.717, 1.165) is 6.07 Å². The first-order valence-corrected chi connectivity index (χ1v) is 6.40. The smallest absolute Gasteiger partial charge is 0.418 e. The second-order valence-corrected chi connectivity index (χ2v) is 4.88. The minimum Gasteiger partial charge on any atom is -0.478 e. The Kier molecular flexibility index (Phi) is 5.60. The van der Waals surface area contributed by atoms with Crippen molar-refractivity contribution in [3.05, 3.63) is 29.3 Å². The van der Waals surface area contributed by atoms with Crippen LogP contribution >= 0.6 is 0 Å². The first-order chi connectivity index (χ1) is 9.62. The van der Waals surface area contributed by atoms with E-state index in [1.807, 2.05) is 13.8 Å². The molecule has 0 heterocycles. The van der Waals surface area contributed by atoms with Crippen molar-refractivity contribution in [1.29, 1.82) is 0 Å². The molecular weight excluding hydrogens is 287 g/mol. The lowest BCUT2D eigenvalue weighted by molar-refractivity contribution is -0.137. The third-order valence-corrected chi connectivity index (χ3v) is 2.84. The summed E-state index contributed by atoms with van der Waals surface area (Å²) in [6.45, 7) is 4.23. The highest BCUT2D eigenvalue weighted by Gasteiger charge is 2.35. The van der Waals surface area contributed by atoms with Crippen LogP contribution in [0.3, 0.4) is 0 Å². The van der Waals surface area contributed by atoms with Crippen molar-refractivity contribution in [2.24, 2.45) is 0 Å². The Morgan fingerprint density at radius 1 is 1.38 bits per heavy atom. The number of nitrogens with zero attached hydrogens (tertiary/aromatic N) is 1. The number of carboxylic acid groups (broad SMARTS) is 1. The molecule has 0 amide bonds. The second kappa shape index (κ2) is 6.80. The zero-order valence-electron chi connectivity index (χ0n) is 12.1. The van der Waals surface area contributed by atoms with Crippen molar-refractivity contribution in [2.45, 2.75) is 26.1 Å². The summed E-state index contributed by atoms with van der Waals surface area (Å²) >= 11 is 0. The standard InChI is InChI=1S/C14H18F3NO3/c1-9(2)21-7-6-18(3)12-5-4-10(13(19)20)8-11(12)14(15,16)17/h4-5,8-9H,6-7H2,1-3H3,(H,19,20). The fourth-order valence-corrected chi connectivity index (χ4v) is 1.77.